The maximum absolute atomic E-state index is 11.6. The summed E-state index contributed by atoms with van der Waals surface area (Å²) in [5, 5.41) is 3.03. The summed E-state index contributed by atoms with van der Waals surface area (Å²) in [5.74, 6) is -0.0132. The van der Waals surface area contributed by atoms with Gasteiger partial charge in [0.15, 0.2) is 0 Å². The Morgan fingerprint density at radius 1 is 0.875 bits per heavy atom. The molecule has 128 valence electrons. The molecule has 0 atom stereocenters. The molecular weight excluding hydrogens is 314 g/mol. The molecule has 24 heavy (non-hydrogen) atoms. The largest absolute Gasteiger partial charge is 0.513 e. The number of carbonyl (C=O) groups excluding carboxylic acids is 2. The molecule has 0 unspecified atom stereocenters. The topological polar surface area (TPSA) is 83.1 Å². The average Bonchev–Trinajstić information content (AvgIpc) is 2.59. The van der Waals surface area contributed by atoms with Gasteiger partial charge in [-0.3, -0.25) is 0 Å². The molecule has 1 N–H and O–H groups in total. The number of benzene rings is 1. The maximum Gasteiger partial charge on any atom is 0.513 e. The van der Waals surface area contributed by atoms with Crippen LogP contribution in [0.5, 0.6) is 0 Å². The first-order valence-electron chi connectivity index (χ1n) is 7.23. The number of hydrogen-bond donors (Lipinski definition) is 1. The second kappa shape index (κ2) is 7.54. The number of hydrogen-bond acceptors (Lipinski definition) is 7. The van der Waals surface area contributed by atoms with Crippen molar-refractivity contribution in [1.82, 2.24) is 5.32 Å². The number of nitrogens with one attached hydrogen (secondary N) is 1. The smallest absolute Gasteiger partial charge is 0.437 e. The minimum Gasteiger partial charge on any atom is -0.437 e. The van der Waals surface area contributed by atoms with Crippen LogP contribution in [0.1, 0.15) is 25.3 Å². The van der Waals surface area contributed by atoms with Crippen molar-refractivity contribution in [3.05, 3.63) is 58.8 Å². The summed E-state index contributed by atoms with van der Waals surface area (Å²) < 4.78 is 19.8. The quantitative estimate of drug-likeness (QED) is 0.849. The van der Waals surface area contributed by atoms with Crippen molar-refractivity contribution < 1.29 is 28.5 Å². The summed E-state index contributed by atoms with van der Waals surface area (Å²) in [6.07, 6.45) is -1.71. The fourth-order valence-electron chi connectivity index (χ4n) is 2.44. The van der Waals surface area contributed by atoms with Gasteiger partial charge in [-0.05, 0) is 19.4 Å². The van der Waals surface area contributed by atoms with Crippen molar-refractivity contribution in [1.29, 1.82) is 0 Å². The molecule has 0 saturated heterocycles. The molecule has 7 heteroatoms. The van der Waals surface area contributed by atoms with Crippen LogP contribution in [-0.4, -0.2) is 26.5 Å². The SMILES string of the molecule is COC(=O)OC1=C(C)NC(C)=C(OC(=O)OC)C1c1ccccc1. The third-order valence-electron chi connectivity index (χ3n) is 3.49. The first-order valence-corrected chi connectivity index (χ1v) is 7.23. The first kappa shape index (κ1) is 17.4. The Morgan fingerprint density at radius 2 is 1.33 bits per heavy atom. The van der Waals surface area contributed by atoms with E-state index in [1.54, 1.807) is 13.8 Å². The molecule has 1 aliphatic rings. The Balaban J connectivity index is 2.50. The Kier molecular flexibility index (Phi) is 5.47. The number of methoxy groups -OCH3 is 2. The van der Waals surface area contributed by atoms with Crippen LogP contribution < -0.4 is 5.32 Å². The second-order valence-corrected chi connectivity index (χ2v) is 5.06. The Labute approximate surface area is 139 Å². The zero-order chi connectivity index (χ0) is 17.7. The number of carbonyl (C=O) groups is 2. The molecule has 0 bridgehead atoms. The van der Waals surface area contributed by atoms with Crippen LogP contribution in [-0.2, 0) is 18.9 Å². The summed E-state index contributed by atoms with van der Waals surface area (Å²) in [7, 11) is 2.44. The van der Waals surface area contributed by atoms with Crippen molar-refractivity contribution in [3.8, 4) is 0 Å². The Hall–Kier alpha value is -2.96. The highest BCUT2D eigenvalue weighted by atomic mass is 16.7. The van der Waals surface area contributed by atoms with Crippen LogP contribution >= 0.6 is 0 Å². The zero-order valence-electron chi connectivity index (χ0n) is 13.9. The van der Waals surface area contributed by atoms with Crippen LogP contribution in [0.4, 0.5) is 9.59 Å². The monoisotopic (exact) mass is 333 g/mol. The average molecular weight is 333 g/mol. The summed E-state index contributed by atoms with van der Waals surface area (Å²) in [6, 6.07) is 9.23. The molecule has 1 heterocycles. The van der Waals surface area contributed by atoms with Gasteiger partial charge in [0.2, 0.25) is 0 Å². The summed E-state index contributed by atoms with van der Waals surface area (Å²) in [5.41, 5.74) is 2.02. The van der Waals surface area contributed by atoms with Crippen LogP contribution in [0.15, 0.2) is 53.2 Å². The van der Waals surface area contributed by atoms with E-state index in [1.807, 2.05) is 30.3 Å². The predicted molar refractivity (Wildman–Crippen MR) is 84.7 cm³/mol. The fourth-order valence-corrected chi connectivity index (χ4v) is 2.44. The van der Waals surface area contributed by atoms with E-state index in [4.69, 9.17) is 9.47 Å². The highest BCUT2D eigenvalue weighted by Gasteiger charge is 2.35. The molecular formula is C17H19NO6. The fraction of sp³-hybridized carbons (Fsp3) is 0.294. The summed E-state index contributed by atoms with van der Waals surface area (Å²) >= 11 is 0. The third kappa shape index (κ3) is 3.68. The molecule has 0 spiro atoms. The molecule has 0 fully saturated rings. The van der Waals surface area contributed by atoms with Gasteiger partial charge in [-0.1, -0.05) is 30.3 Å². The minimum absolute atomic E-state index is 0.289. The molecule has 0 radical (unpaired) electrons. The van der Waals surface area contributed by atoms with E-state index in [0.29, 0.717) is 11.4 Å². The molecule has 0 amide bonds. The van der Waals surface area contributed by atoms with Gasteiger partial charge in [0.1, 0.15) is 17.4 Å². The highest BCUT2D eigenvalue weighted by molar-refractivity contribution is 5.64. The number of allylic oxidation sites excluding steroid dienone is 2. The van der Waals surface area contributed by atoms with Crippen molar-refractivity contribution in [3.63, 3.8) is 0 Å². The maximum atomic E-state index is 11.6. The zero-order valence-corrected chi connectivity index (χ0v) is 13.9. The lowest BCUT2D eigenvalue weighted by molar-refractivity contribution is 0.0786. The van der Waals surface area contributed by atoms with Crippen molar-refractivity contribution >= 4 is 12.3 Å². The molecule has 7 nitrogen and oxygen atoms in total. The van der Waals surface area contributed by atoms with Crippen molar-refractivity contribution in [2.45, 2.75) is 19.8 Å². The van der Waals surface area contributed by atoms with E-state index >= 15 is 0 Å². The summed E-state index contributed by atoms with van der Waals surface area (Å²) in [4.78, 5) is 23.2. The third-order valence-corrected chi connectivity index (χ3v) is 3.49. The van der Waals surface area contributed by atoms with Gasteiger partial charge in [0.25, 0.3) is 0 Å². The van der Waals surface area contributed by atoms with Crippen molar-refractivity contribution in [2.24, 2.45) is 0 Å². The van der Waals surface area contributed by atoms with Gasteiger partial charge in [-0.15, -0.1) is 0 Å². The van der Waals surface area contributed by atoms with Crippen LogP contribution in [0.2, 0.25) is 0 Å². The number of rotatable bonds is 3. The van der Waals surface area contributed by atoms with E-state index < -0.39 is 18.2 Å². The van der Waals surface area contributed by atoms with Crippen LogP contribution in [0.3, 0.4) is 0 Å². The Bertz CT molecular complexity index is 652. The van der Waals surface area contributed by atoms with Gasteiger partial charge >= 0.3 is 12.3 Å². The molecule has 1 aliphatic heterocycles. The standard InChI is InChI=1S/C17H19NO6/c1-10-14(23-16(19)21-3)13(12-8-6-5-7-9-12)15(11(2)18-10)24-17(20)22-4/h5-9,13,18H,1-4H3. The Morgan fingerprint density at radius 3 is 1.75 bits per heavy atom. The number of dihydropyridines is 1. The second-order valence-electron chi connectivity index (χ2n) is 5.06. The lowest BCUT2D eigenvalue weighted by Gasteiger charge is -2.30. The van der Waals surface area contributed by atoms with E-state index in [9.17, 15) is 9.59 Å². The minimum atomic E-state index is -0.857. The van der Waals surface area contributed by atoms with E-state index in [1.165, 1.54) is 14.2 Å². The molecule has 1 aromatic carbocycles. The summed E-state index contributed by atoms with van der Waals surface area (Å²) in [6.45, 7) is 3.51. The van der Waals surface area contributed by atoms with E-state index in [2.05, 4.69) is 14.8 Å². The van der Waals surface area contributed by atoms with Gasteiger partial charge in [0.05, 0.1) is 25.6 Å². The van der Waals surface area contributed by atoms with Gasteiger partial charge in [-0.2, -0.15) is 0 Å². The normalized spacial score (nSPS) is 14.8. The van der Waals surface area contributed by atoms with Crippen LogP contribution in [0, 0.1) is 0 Å². The van der Waals surface area contributed by atoms with E-state index in [-0.39, 0.29) is 11.5 Å². The number of ether oxygens (including phenoxy) is 4. The molecule has 0 aromatic heterocycles. The lowest BCUT2D eigenvalue weighted by Crippen LogP contribution is -2.29. The highest BCUT2D eigenvalue weighted by Crippen LogP contribution is 2.39. The molecule has 2 rings (SSSR count). The van der Waals surface area contributed by atoms with E-state index in [0.717, 1.165) is 5.56 Å². The molecule has 0 aliphatic carbocycles. The predicted octanol–water partition coefficient (Wildman–Crippen LogP) is 3.40. The van der Waals surface area contributed by atoms with Gasteiger partial charge < -0.3 is 24.3 Å². The van der Waals surface area contributed by atoms with Crippen molar-refractivity contribution in [2.75, 3.05) is 14.2 Å². The first-order chi connectivity index (χ1) is 11.5. The van der Waals surface area contributed by atoms with Crippen LogP contribution in [0.25, 0.3) is 0 Å². The molecule has 1 aromatic rings. The van der Waals surface area contributed by atoms with Gasteiger partial charge in [0, 0.05) is 0 Å². The van der Waals surface area contributed by atoms with Gasteiger partial charge in [-0.25, -0.2) is 9.59 Å². The lowest BCUT2D eigenvalue weighted by atomic mass is 9.90. The molecule has 0 saturated carbocycles.